The fourth-order valence-electron chi connectivity index (χ4n) is 2.72. The molecule has 0 amide bonds. The van der Waals surface area contributed by atoms with Crippen LogP contribution in [0.2, 0.25) is 0 Å². The first-order valence-corrected chi connectivity index (χ1v) is 5.06. The minimum atomic E-state index is 0.543. The molecule has 2 atom stereocenters. The molecule has 0 heteroatoms. The lowest BCUT2D eigenvalue weighted by Crippen LogP contribution is -2.27. The molecule has 1 fully saturated rings. The Morgan fingerprint density at radius 1 is 1.33 bits per heavy atom. The molecule has 0 saturated heterocycles. The fraction of sp³-hybridized carbons (Fsp3) is 0.833. The van der Waals surface area contributed by atoms with Crippen molar-refractivity contribution in [3.63, 3.8) is 0 Å². The third kappa shape index (κ3) is 2.36. The molecule has 0 aliphatic heterocycles. The molecule has 0 radical (unpaired) electrons. The lowest BCUT2D eigenvalue weighted by atomic mass is 9.66. The molecule has 0 spiro atoms. The van der Waals surface area contributed by atoms with E-state index in [2.05, 4.69) is 34.3 Å². The van der Waals surface area contributed by atoms with E-state index in [1.807, 2.05) is 0 Å². The molecule has 1 rings (SSSR count). The molecule has 0 aromatic rings. The summed E-state index contributed by atoms with van der Waals surface area (Å²) in [6.45, 7) is 13.4. The molecule has 0 bridgehead atoms. The Labute approximate surface area is 77.1 Å². The summed E-state index contributed by atoms with van der Waals surface area (Å²) in [5.74, 6) is 1.67. The number of hydrogen-bond acceptors (Lipinski definition) is 0. The molecule has 0 N–H and O–H groups in total. The number of rotatable bonds is 1. The first-order chi connectivity index (χ1) is 5.41. The molecule has 12 heavy (non-hydrogen) atoms. The van der Waals surface area contributed by atoms with E-state index in [1.54, 1.807) is 0 Å². The number of allylic oxidation sites excluding steroid dienone is 1. The smallest absolute Gasteiger partial charge is 0.0201 e. The van der Waals surface area contributed by atoms with Gasteiger partial charge in [0.2, 0.25) is 0 Å². The summed E-state index contributed by atoms with van der Waals surface area (Å²) in [5, 5.41) is 0. The van der Waals surface area contributed by atoms with Gasteiger partial charge in [0.05, 0.1) is 0 Å². The van der Waals surface area contributed by atoms with Gasteiger partial charge >= 0.3 is 0 Å². The third-order valence-electron chi connectivity index (χ3n) is 3.08. The predicted molar refractivity (Wildman–Crippen MR) is 55.1 cm³/mol. The highest BCUT2D eigenvalue weighted by atomic mass is 14.4. The molecular formula is C12H22. The second-order valence-corrected chi connectivity index (χ2v) is 5.46. The standard InChI is InChI=1S/C12H22/c1-9(2)11-6-10(3)7-12(4,5)8-11/h10-11H,1,6-8H2,2-5H3. The first kappa shape index (κ1) is 9.83. The summed E-state index contributed by atoms with van der Waals surface area (Å²) >= 11 is 0. The lowest BCUT2D eigenvalue weighted by molar-refractivity contribution is 0.151. The molecule has 2 unspecified atom stereocenters. The van der Waals surface area contributed by atoms with Crippen LogP contribution in [-0.4, -0.2) is 0 Å². The lowest BCUT2D eigenvalue weighted by Gasteiger charge is -2.39. The average molecular weight is 166 g/mol. The molecule has 1 saturated carbocycles. The normalized spacial score (nSPS) is 34.7. The van der Waals surface area contributed by atoms with Gasteiger partial charge in [-0.2, -0.15) is 0 Å². The Hall–Kier alpha value is -0.260. The van der Waals surface area contributed by atoms with Crippen molar-refractivity contribution < 1.29 is 0 Å². The van der Waals surface area contributed by atoms with E-state index in [-0.39, 0.29) is 0 Å². The molecular weight excluding hydrogens is 144 g/mol. The van der Waals surface area contributed by atoms with Gasteiger partial charge in [-0.05, 0) is 43.4 Å². The summed E-state index contributed by atoms with van der Waals surface area (Å²) in [4.78, 5) is 0. The van der Waals surface area contributed by atoms with Crippen LogP contribution in [-0.2, 0) is 0 Å². The molecule has 0 heterocycles. The highest BCUT2D eigenvalue weighted by molar-refractivity contribution is 5.01. The van der Waals surface area contributed by atoms with Crippen molar-refractivity contribution in [2.24, 2.45) is 17.3 Å². The maximum Gasteiger partial charge on any atom is -0.0201 e. The Morgan fingerprint density at radius 2 is 1.92 bits per heavy atom. The highest BCUT2D eigenvalue weighted by Gasteiger charge is 2.31. The zero-order chi connectivity index (χ0) is 9.35. The average Bonchev–Trinajstić information content (AvgIpc) is 1.82. The molecule has 1 aliphatic carbocycles. The van der Waals surface area contributed by atoms with Gasteiger partial charge in [0.25, 0.3) is 0 Å². The Kier molecular flexibility index (Phi) is 2.65. The summed E-state index contributed by atoms with van der Waals surface area (Å²) < 4.78 is 0. The molecule has 70 valence electrons. The van der Waals surface area contributed by atoms with Crippen molar-refractivity contribution >= 4 is 0 Å². The highest BCUT2D eigenvalue weighted by Crippen LogP contribution is 2.43. The van der Waals surface area contributed by atoms with E-state index < -0.39 is 0 Å². The van der Waals surface area contributed by atoms with Gasteiger partial charge in [-0.1, -0.05) is 32.9 Å². The van der Waals surface area contributed by atoms with E-state index in [9.17, 15) is 0 Å². The van der Waals surface area contributed by atoms with Crippen molar-refractivity contribution in [1.82, 2.24) is 0 Å². The van der Waals surface area contributed by atoms with E-state index in [4.69, 9.17) is 0 Å². The van der Waals surface area contributed by atoms with E-state index in [1.165, 1.54) is 24.8 Å². The van der Waals surface area contributed by atoms with Crippen molar-refractivity contribution in [1.29, 1.82) is 0 Å². The van der Waals surface area contributed by atoms with Crippen LogP contribution >= 0.6 is 0 Å². The maximum absolute atomic E-state index is 4.08. The molecule has 1 aliphatic rings. The van der Waals surface area contributed by atoms with Crippen molar-refractivity contribution in [3.8, 4) is 0 Å². The largest absolute Gasteiger partial charge is 0.0999 e. The van der Waals surface area contributed by atoms with Crippen LogP contribution in [0.3, 0.4) is 0 Å². The van der Waals surface area contributed by atoms with Crippen LogP contribution in [0.4, 0.5) is 0 Å². The van der Waals surface area contributed by atoms with Crippen LogP contribution in [0.25, 0.3) is 0 Å². The van der Waals surface area contributed by atoms with E-state index in [0.29, 0.717) is 5.41 Å². The zero-order valence-electron chi connectivity index (χ0n) is 8.98. The van der Waals surface area contributed by atoms with Gasteiger partial charge in [0.15, 0.2) is 0 Å². The third-order valence-corrected chi connectivity index (χ3v) is 3.08. The van der Waals surface area contributed by atoms with E-state index >= 15 is 0 Å². The van der Waals surface area contributed by atoms with Gasteiger partial charge in [-0.15, -0.1) is 0 Å². The summed E-state index contributed by atoms with van der Waals surface area (Å²) in [6.07, 6.45) is 4.09. The second-order valence-electron chi connectivity index (χ2n) is 5.46. The van der Waals surface area contributed by atoms with Crippen LogP contribution in [0.1, 0.15) is 47.0 Å². The minimum absolute atomic E-state index is 0.543. The summed E-state index contributed by atoms with van der Waals surface area (Å²) in [7, 11) is 0. The molecule has 0 aromatic heterocycles. The monoisotopic (exact) mass is 166 g/mol. The summed E-state index contributed by atoms with van der Waals surface area (Å²) in [6, 6.07) is 0. The van der Waals surface area contributed by atoms with Gasteiger partial charge in [-0.3, -0.25) is 0 Å². The van der Waals surface area contributed by atoms with Crippen molar-refractivity contribution in [2.45, 2.75) is 47.0 Å². The van der Waals surface area contributed by atoms with Gasteiger partial charge < -0.3 is 0 Å². The molecule has 0 nitrogen and oxygen atoms in total. The Morgan fingerprint density at radius 3 is 2.33 bits per heavy atom. The fourth-order valence-corrected chi connectivity index (χ4v) is 2.72. The van der Waals surface area contributed by atoms with Crippen molar-refractivity contribution in [2.75, 3.05) is 0 Å². The van der Waals surface area contributed by atoms with Crippen LogP contribution < -0.4 is 0 Å². The van der Waals surface area contributed by atoms with Gasteiger partial charge in [0, 0.05) is 0 Å². The van der Waals surface area contributed by atoms with Gasteiger partial charge in [-0.25, -0.2) is 0 Å². The van der Waals surface area contributed by atoms with Crippen molar-refractivity contribution in [3.05, 3.63) is 12.2 Å². The predicted octanol–water partition coefficient (Wildman–Crippen LogP) is 4.02. The summed E-state index contributed by atoms with van der Waals surface area (Å²) in [5.41, 5.74) is 1.93. The number of hydrogen-bond donors (Lipinski definition) is 0. The Bertz CT molecular complexity index is 176. The first-order valence-electron chi connectivity index (χ1n) is 5.06. The Balaban J connectivity index is 2.64. The minimum Gasteiger partial charge on any atom is -0.0999 e. The van der Waals surface area contributed by atoms with E-state index in [0.717, 1.165) is 11.8 Å². The second kappa shape index (κ2) is 3.24. The van der Waals surface area contributed by atoms with Crippen LogP contribution in [0.5, 0.6) is 0 Å². The van der Waals surface area contributed by atoms with Gasteiger partial charge in [0.1, 0.15) is 0 Å². The molecule has 0 aromatic carbocycles. The topological polar surface area (TPSA) is 0 Å². The quantitative estimate of drug-likeness (QED) is 0.516. The van der Waals surface area contributed by atoms with Crippen LogP contribution in [0, 0.1) is 17.3 Å². The van der Waals surface area contributed by atoms with Crippen LogP contribution in [0.15, 0.2) is 12.2 Å². The maximum atomic E-state index is 4.08. The zero-order valence-corrected chi connectivity index (χ0v) is 8.98. The SMILES string of the molecule is C=C(C)C1CC(C)CC(C)(C)C1.